The van der Waals surface area contributed by atoms with Gasteiger partial charge in [-0.15, -0.1) is 0 Å². The van der Waals surface area contributed by atoms with Gasteiger partial charge in [-0.2, -0.15) is 0 Å². The summed E-state index contributed by atoms with van der Waals surface area (Å²) in [6.45, 7) is 0.391. The molecule has 0 spiro atoms. The van der Waals surface area contributed by atoms with E-state index in [9.17, 15) is 4.79 Å². The van der Waals surface area contributed by atoms with Crippen molar-refractivity contribution in [3.63, 3.8) is 0 Å². The molecule has 27 heavy (non-hydrogen) atoms. The minimum atomic E-state index is -0.981. The van der Waals surface area contributed by atoms with Gasteiger partial charge in [0.05, 0.1) is 25.3 Å². The van der Waals surface area contributed by atoms with Crippen molar-refractivity contribution in [2.24, 2.45) is 5.11 Å². The third kappa shape index (κ3) is 5.21. The van der Waals surface area contributed by atoms with Gasteiger partial charge in [0.15, 0.2) is 6.29 Å². The summed E-state index contributed by atoms with van der Waals surface area (Å²) in [6.07, 6.45) is -1.16. The van der Waals surface area contributed by atoms with Crippen LogP contribution in [0.25, 0.3) is 10.4 Å². The molecule has 0 saturated carbocycles. The van der Waals surface area contributed by atoms with E-state index in [1.54, 1.807) is 0 Å². The summed E-state index contributed by atoms with van der Waals surface area (Å²) in [6, 6.07) is 18.8. The Bertz CT molecular complexity index is 786. The predicted octanol–water partition coefficient (Wildman–Crippen LogP) is 3.71. The van der Waals surface area contributed by atoms with Crippen LogP contribution in [0.2, 0.25) is 0 Å². The van der Waals surface area contributed by atoms with E-state index in [2.05, 4.69) is 15.3 Å². The second-order valence-electron chi connectivity index (χ2n) is 6.22. The van der Waals surface area contributed by atoms with Gasteiger partial charge in [-0.1, -0.05) is 65.8 Å². The molecule has 140 valence electrons. The van der Waals surface area contributed by atoms with E-state index in [0.29, 0.717) is 0 Å². The van der Waals surface area contributed by atoms with E-state index >= 15 is 0 Å². The number of ether oxygens (including phenoxy) is 3. The molecule has 8 heteroatoms. The number of nitrogens with one attached hydrogen (secondary N) is 1. The molecule has 0 atom stereocenters. The summed E-state index contributed by atoms with van der Waals surface area (Å²) in [5, 5.41) is 6.32. The van der Waals surface area contributed by atoms with Gasteiger partial charge in [-0.3, -0.25) is 0 Å². The molecular weight excluding hydrogens is 348 g/mol. The number of amides is 1. The number of azide groups is 1. The Hall–Kier alpha value is -3.06. The number of hydrogen-bond acceptors (Lipinski definition) is 5. The third-order valence-corrected chi connectivity index (χ3v) is 4.11. The highest BCUT2D eigenvalue weighted by Crippen LogP contribution is 2.27. The zero-order valence-corrected chi connectivity index (χ0v) is 14.7. The molecule has 1 fully saturated rings. The third-order valence-electron chi connectivity index (χ3n) is 4.11. The second-order valence-corrected chi connectivity index (χ2v) is 6.22. The first-order valence-corrected chi connectivity index (χ1v) is 8.49. The fourth-order valence-electron chi connectivity index (χ4n) is 2.71. The standard InChI is InChI=1S/C19H20N4O4/c20-23-21-12-19(22-18(24)25-11-15-7-3-1-4-8-15)13-26-17(27-14-19)16-9-5-2-6-10-16/h1-10,17H,11-14H2,(H,22,24). The van der Waals surface area contributed by atoms with Crippen molar-refractivity contribution in [3.8, 4) is 0 Å². The fraction of sp³-hybridized carbons (Fsp3) is 0.316. The fourth-order valence-corrected chi connectivity index (χ4v) is 2.71. The van der Waals surface area contributed by atoms with Crippen LogP contribution < -0.4 is 5.32 Å². The van der Waals surface area contributed by atoms with Crippen molar-refractivity contribution in [1.29, 1.82) is 0 Å². The number of benzene rings is 2. The lowest BCUT2D eigenvalue weighted by Gasteiger charge is -2.39. The Morgan fingerprint density at radius 3 is 2.41 bits per heavy atom. The van der Waals surface area contributed by atoms with Crippen LogP contribution in [0.15, 0.2) is 65.8 Å². The molecule has 0 unspecified atom stereocenters. The Labute approximate surface area is 156 Å². The molecule has 1 N–H and O–H groups in total. The van der Waals surface area contributed by atoms with Crippen molar-refractivity contribution in [2.75, 3.05) is 19.8 Å². The van der Waals surface area contributed by atoms with Crippen LogP contribution in [0, 0.1) is 0 Å². The van der Waals surface area contributed by atoms with E-state index in [1.807, 2.05) is 60.7 Å². The molecule has 0 radical (unpaired) electrons. The number of carbonyl (C=O) groups excluding carboxylic acids is 1. The van der Waals surface area contributed by atoms with Crippen molar-refractivity contribution in [1.82, 2.24) is 5.32 Å². The SMILES string of the molecule is [N-]=[N+]=NCC1(NC(=O)OCc2ccccc2)COC(c2ccccc2)OC1. The average molecular weight is 368 g/mol. The molecule has 0 aliphatic carbocycles. The Kier molecular flexibility index (Phi) is 6.27. The highest BCUT2D eigenvalue weighted by molar-refractivity contribution is 5.68. The maximum absolute atomic E-state index is 12.2. The smallest absolute Gasteiger partial charge is 0.408 e. The Balaban J connectivity index is 1.60. The second kappa shape index (κ2) is 9.05. The predicted molar refractivity (Wildman–Crippen MR) is 97.6 cm³/mol. The first-order valence-electron chi connectivity index (χ1n) is 8.49. The van der Waals surface area contributed by atoms with Crippen molar-refractivity contribution in [3.05, 3.63) is 82.2 Å². The van der Waals surface area contributed by atoms with Crippen molar-refractivity contribution >= 4 is 6.09 Å². The van der Waals surface area contributed by atoms with Crippen LogP contribution in [-0.2, 0) is 20.8 Å². The van der Waals surface area contributed by atoms with Gasteiger partial charge >= 0.3 is 6.09 Å². The lowest BCUT2D eigenvalue weighted by atomic mass is 10.0. The summed E-state index contributed by atoms with van der Waals surface area (Å²) in [7, 11) is 0. The minimum absolute atomic E-state index is 0.00849. The zero-order chi connectivity index (χ0) is 19.0. The minimum Gasteiger partial charge on any atom is -0.445 e. The van der Waals surface area contributed by atoms with Gasteiger partial charge in [0, 0.05) is 10.5 Å². The van der Waals surface area contributed by atoms with Crippen LogP contribution in [0.5, 0.6) is 0 Å². The largest absolute Gasteiger partial charge is 0.445 e. The molecule has 1 heterocycles. The van der Waals surface area contributed by atoms with Gasteiger partial charge in [-0.05, 0) is 11.1 Å². The lowest BCUT2D eigenvalue weighted by molar-refractivity contribution is -0.214. The zero-order valence-electron chi connectivity index (χ0n) is 14.7. The van der Waals surface area contributed by atoms with E-state index in [4.69, 9.17) is 19.7 Å². The van der Waals surface area contributed by atoms with E-state index in [-0.39, 0.29) is 26.4 Å². The molecule has 1 saturated heterocycles. The Morgan fingerprint density at radius 2 is 1.78 bits per heavy atom. The normalized spacial score (nSPS) is 21.7. The number of rotatable bonds is 6. The van der Waals surface area contributed by atoms with Gasteiger partial charge < -0.3 is 19.5 Å². The van der Waals surface area contributed by atoms with Gasteiger partial charge in [0.2, 0.25) is 0 Å². The van der Waals surface area contributed by atoms with Crippen LogP contribution >= 0.6 is 0 Å². The highest BCUT2D eigenvalue weighted by atomic mass is 16.7. The molecule has 1 aliphatic heterocycles. The number of hydrogen-bond donors (Lipinski definition) is 1. The van der Waals surface area contributed by atoms with E-state index in [0.717, 1.165) is 11.1 Å². The first kappa shape index (κ1) is 18.7. The van der Waals surface area contributed by atoms with Gasteiger partial charge in [0.25, 0.3) is 0 Å². The van der Waals surface area contributed by atoms with E-state index in [1.165, 1.54) is 0 Å². The molecule has 3 rings (SSSR count). The quantitative estimate of drug-likeness (QED) is 0.476. The molecule has 1 amide bonds. The van der Waals surface area contributed by atoms with E-state index < -0.39 is 17.9 Å². The van der Waals surface area contributed by atoms with Gasteiger partial charge in [0.1, 0.15) is 6.61 Å². The first-order chi connectivity index (χ1) is 13.2. The molecule has 2 aromatic rings. The van der Waals surface area contributed by atoms with Crippen LogP contribution in [0.4, 0.5) is 4.79 Å². The summed E-state index contributed by atoms with van der Waals surface area (Å²) < 4.78 is 16.8. The molecule has 1 aliphatic rings. The topological polar surface area (TPSA) is 106 Å². The number of nitrogens with zero attached hydrogens (tertiary/aromatic N) is 3. The summed E-state index contributed by atoms with van der Waals surface area (Å²) in [5.41, 5.74) is 9.43. The number of carbonyl (C=O) groups is 1. The maximum atomic E-state index is 12.2. The molecular formula is C19H20N4O4. The maximum Gasteiger partial charge on any atom is 0.408 e. The molecule has 2 aromatic carbocycles. The lowest BCUT2D eigenvalue weighted by Crippen LogP contribution is -2.60. The van der Waals surface area contributed by atoms with Gasteiger partial charge in [-0.25, -0.2) is 4.79 Å². The summed E-state index contributed by atoms with van der Waals surface area (Å²) in [5.74, 6) is 0. The van der Waals surface area contributed by atoms with Crippen LogP contribution in [0.3, 0.4) is 0 Å². The van der Waals surface area contributed by atoms with Crippen LogP contribution in [0.1, 0.15) is 17.4 Å². The van der Waals surface area contributed by atoms with Crippen LogP contribution in [-0.4, -0.2) is 31.4 Å². The molecule has 0 bridgehead atoms. The average Bonchev–Trinajstić information content (AvgIpc) is 2.73. The molecule has 8 nitrogen and oxygen atoms in total. The Morgan fingerprint density at radius 1 is 1.15 bits per heavy atom. The number of alkyl carbamates (subject to hydrolysis) is 1. The van der Waals surface area contributed by atoms with Crippen molar-refractivity contribution in [2.45, 2.75) is 18.4 Å². The summed E-state index contributed by atoms with van der Waals surface area (Å²) in [4.78, 5) is 15.0. The summed E-state index contributed by atoms with van der Waals surface area (Å²) >= 11 is 0. The molecule has 0 aromatic heterocycles. The highest BCUT2D eigenvalue weighted by Gasteiger charge is 2.39. The van der Waals surface area contributed by atoms with Crippen molar-refractivity contribution < 1.29 is 19.0 Å². The monoisotopic (exact) mass is 368 g/mol.